The molecule has 21 heavy (non-hydrogen) atoms. The van der Waals surface area contributed by atoms with E-state index in [2.05, 4.69) is 9.97 Å². The van der Waals surface area contributed by atoms with Gasteiger partial charge in [-0.05, 0) is 48.9 Å². The summed E-state index contributed by atoms with van der Waals surface area (Å²) in [7, 11) is -3.26. The molecule has 6 heteroatoms. The van der Waals surface area contributed by atoms with Gasteiger partial charge < -0.3 is 4.98 Å². The number of sulfone groups is 1. The van der Waals surface area contributed by atoms with E-state index in [1.165, 1.54) is 12.1 Å². The summed E-state index contributed by atoms with van der Waals surface area (Å²) in [6.45, 7) is 1.68. The van der Waals surface area contributed by atoms with Crippen LogP contribution in [0.4, 0.5) is 4.39 Å². The van der Waals surface area contributed by atoms with E-state index in [-0.39, 0.29) is 10.7 Å². The molecule has 2 aromatic carbocycles. The number of hydrogen-bond acceptors (Lipinski definition) is 3. The summed E-state index contributed by atoms with van der Waals surface area (Å²) in [5, 5.41) is 0. The summed E-state index contributed by atoms with van der Waals surface area (Å²) >= 11 is 0. The summed E-state index contributed by atoms with van der Waals surface area (Å²) in [5.74, 6) is 0.313. The summed E-state index contributed by atoms with van der Waals surface area (Å²) in [4.78, 5) is 7.71. The van der Waals surface area contributed by atoms with Gasteiger partial charge in [-0.2, -0.15) is 0 Å². The molecule has 1 heterocycles. The van der Waals surface area contributed by atoms with Crippen LogP contribution in [0, 0.1) is 12.7 Å². The van der Waals surface area contributed by atoms with Gasteiger partial charge in [-0.1, -0.05) is 0 Å². The Morgan fingerprint density at radius 3 is 2.57 bits per heavy atom. The van der Waals surface area contributed by atoms with E-state index in [9.17, 15) is 12.8 Å². The summed E-state index contributed by atoms with van der Waals surface area (Å²) in [6.07, 6.45) is 1.16. The fraction of sp³-hybridized carbons (Fsp3) is 0.133. The maximum atomic E-state index is 13.3. The Kier molecular flexibility index (Phi) is 3.06. The predicted octanol–water partition coefficient (Wildman–Crippen LogP) is 3.08. The summed E-state index contributed by atoms with van der Waals surface area (Å²) in [5.41, 5.74) is 2.59. The van der Waals surface area contributed by atoms with Crippen LogP contribution >= 0.6 is 0 Å². The first-order valence-corrected chi connectivity index (χ1v) is 8.20. The minimum Gasteiger partial charge on any atom is -0.338 e. The van der Waals surface area contributed by atoms with Crippen molar-refractivity contribution in [2.45, 2.75) is 11.8 Å². The molecule has 0 aliphatic heterocycles. The molecule has 3 aromatic rings. The number of nitrogens with one attached hydrogen (secondary N) is 1. The molecule has 1 N–H and O–H groups in total. The van der Waals surface area contributed by atoms with Gasteiger partial charge in [0.15, 0.2) is 9.84 Å². The van der Waals surface area contributed by atoms with E-state index >= 15 is 0 Å². The average molecular weight is 304 g/mol. The van der Waals surface area contributed by atoms with Crippen molar-refractivity contribution in [1.29, 1.82) is 0 Å². The van der Waals surface area contributed by atoms with Crippen LogP contribution in [0.15, 0.2) is 41.3 Å². The molecule has 0 spiro atoms. The molecule has 0 bridgehead atoms. The Hall–Kier alpha value is -2.21. The number of benzene rings is 2. The van der Waals surface area contributed by atoms with Gasteiger partial charge in [-0.15, -0.1) is 0 Å². The number of rotatable bonds is 2. The second-order valence-corrected chi connectivity index (χ2v) is 7.02. The van der Waals surface area contributed by atoms with Crippen molar-refractivity contribution in [3.05, 3.63) is 47.8 Å². The number of hydrogen-bond donors (Lipinski definition) is 1. The zero-order valence-corrected chi connectivity index (χ0v) is 12.3. The fourth-order valence-electron chi connectivity index (χ4n) is 2.15. The second kappa shape index (κ2) is 4.66. The van der Waals surface area contributed by atoms with Gasteiger partial charge in [0.05, 0.1) is 15.9 Å². The van der Waals surface area contributed by atoms with Gasteiger partial charge in [0.2, 0.25) is 0 Å². The molecule has 0 aliphatic carbocycles. The average Bonchev–Trinajstić information content (AvgIpc) is 2.83. The monoisotopic (exact) mass is 304 g/mol. The smallest absolute Gasteiger partial charge is 0.175 e. The highest BCUT2D eigenvalue weighted by atomic mass is 32.2. The number of halogens is 1. The molecule has 0 aliphatic rings. The lowest BCUT2D eigenvalue weighted by molar-refractivity contribution is 0.602. The number of fused-ring (bicyclic) bond motifs is 1. The van der Waals surface area contributed by atoms with Crippen molar-refractivity contribution >= 4 is 20.9 Å². The first kappa shape index (κ1) is 13.8. The lowest BCUT2D eigenvalue weighted by Crippen LogP contribution is -1.96. The quantitative estimate of drug-likeness (QED) is 0.791. The second-order valence-electron chi connectivity index (χ2n) is 5.00. The first-order chi connectivity index (χ1) is 9.84. The molecule has 0 unspecified atom stereocenters. The third-order valence-corrected chi connectivity index (χ3v) is 4.42. The first-order valence-electron chi connectivity index (χ1n) is 6.31. The zero-order chi connectivity index (χ0) is 15.2. The molecule has 4 nitrogen and oxygen atoms in total. The molecular formula is C15H13FN2O2S. The number of aromatic nitrogens is 2. The van der Waals surface area contributed by atoms with E-state index < -0.39 is 9.84 Å². The lowest BCUT2D eigenvalue weighted by atomic mass is 10.1. The fourth-order valence-corrected chi connectivity index (χ4v) is 2.80. The van der Waals surface area contributed by atoms with Crippen molar-refractivity contribution in [3.8, 4) is 11.4 Å². The van der Waals surface area contributed by atoms with Crippen LogP contribution in [0.25, 0.3) is 22.4 Å². The molecule has 0 saturated heterocycles. The molecule has 1 aromatic heterocycles. The minimum absolute atomic E-state index is 0.237. The standard InChI is InChI=1S/C15H13FN2O2S/c1-9-7-10(3-5-12(9)16)15-17-13-6-4-11(21(2,19)20)8-14(13)18-15/h3-8H,1-2H3,(H,17,18). The van der Waals surface area contributed by atoms with Crippen molar-refractivity contribution in [2.75, 3.05) is 6.26 Å². The Morgan fingerprint density at radius 1 is 1.14 bits per heavy atom. The third kappa shape index (κ3) is 2.54. The van der Waals surface area contributed by atoms with Crippen molar-refractivity contribution in [3.63, 3.8) is 0 Å². The molecule has 0 saturated carbocycles. The van der Waals surface area contributed by atoms with Crippen LogP contribution in [0.2, 0.25) is 0 Å². The van der Waals surface area contributed by atoms with E-state index in [1.54, 1.807) is 31.2 Å². The topological polar surface area (TPSA) is 62.8 Å². The summed E-state index contributed by atoms with van der Waals surface area (Å²) < 4.78 is 36.4. The number of H-pyrrole nitrogens is 1. The lowest BCUT2D eigenvalue weighted by Gasteiger charge is -1.99. The van der Waals surface area contributed by atoms with Crippen LogP contribution in [-0.2, 0) is 9.84 Å². The van der Waals surface area contributed by atoms with E-state index in [1.807, 2.05) is 0 Å². The van der Waals surface area contributed by atoms with Crippen molar-refractivity contribution < 1.29 is 12.8 Å². The summed E-state index contributed by atoms with van der Waals surface area (Å²) in [6, 6.07) is 9.46. The molecule has 0 atom stereocenters. The molecular weight excluding hydrogens is 291 g/mol. The van der Waals surface area contributed by atoms with E-state index in [4.69, 9.17) is 0 Å². The molecule has 108 valence electrons. The van der Waals surface area contributed by atoms with Crippen LogP contribution in [0.5, 0.6) is 0 Å². The van der Waals surface area contributed by atoms with E-state index in [0.717, 1.165) is 11.8 Å². The molecule has 0 fully saturated rings. The molecule has 3 rings (SSSR count). The largest absolute Gasteiger partial charge is 0.338 e. The SMILES string of the molecule is Cc1cc(-c2nc3ccc(S(C)(=O)=O)cc3[nH]2)ccc1F. The predicted molar refractivity (Wildman–Crippen MR) is 79.3 cm³/mol. The van der Waals surface area contributed by atoms with Gasteiger partial charge in [0.1, 0.15) is 11.6 Å². The Balaban J connectivity index is 2.14. The van der Waals surface area contributed by atoms with Crippen LogP contribution in [0.3, 0.4) is 0 Å². The Morgan fingerprint density at radius 2 is 1.90 bits per heavy atom. The van der Waals surface area contributed by atoms with Crippen LogP contribution in [-0.4, -0.2) is 24.6 Å². The third-order valence-electron chi connectivity index (χ3n) is 3.31. The number of aryl methyl sites for hydroxylation is 1. The van der Waals surface area contributed by atoms with Gasteiger partial charge in [-0.3, -0.25) is 0 Å². The highest BCUT2D eigenvalue weighted by Crippen LogP contribution is 2.24. The van der Waals surface area contributed by atoms with Gasteiger partial charge >= 0.3 is 0 Å². The van der Waals surface area contributed by atoms with Crippen LogP contribution < -0.4 is 0 Å². The highest BCUT2D eigenvalue weighted by Gasteiger charge is 2.11. The van der Waals surface area contributed by atoms with Crippen molar-refractivity contribution in [1.82, 2.24) is 9.97 Å². The number of aromatic amines is 1. The zero-order valence-electron chi connectivity index (χ0n) is 11.5. The number of imidazole rings is 1. The van der Waals surface area contributed by atoms with Gasteiger partial charge in [0, 0.05) is 11.8 Å². The van der Waals surface area contributed by atoms with E-state index in [0.29, 0.717) is 22.4 Å². The molecule has 0 amide bonds. The maximum absolute atomic E-state index is 13.3. The van der Waals surface area contributed by atoms with Gasteiger partial charge in [0.25, 0.3) is 0 Å². The Bertz CT molecular complexity index is 945. The minimum atomic E-state index is -3.26. The van der Waals surface area contributed by atoms with Crippen molar-refractivity contribution in [2.24, 2.45) is 0 Å². The normalized spacial score (nSPS) is 12.0. The van der Waals surface area contributed by atoms with Crippen LogP contribution in [0.1, 0.15) is 5.56 Å². The molecule has 0 radical (unpaired) electrons. The highest BCUT2D eigenvalue weighted by molar-refractivity contribution is 7.90. The number of nitrogens with zero attached hydrogens (tertiary/aromatic N) is 1. The Labute approximate surface area is 121 Å². The van der Waals surface area contributed by atoms with Gasteiger partial charge in [-0.25, -0.2) is 17.8 Å². The maximum Gasteiger partial charge on any atom is 0.175 e.